The first-order chi connectivity index (χ1) is 8.49. The molecule has 2 unspecified atom stereocenters. The fourth-order valence-electron chi connectivity index (χ4n) is 1.44. The normalized spacial score (nSPS) is 13.7. The Bertz CT molecular complexity index is 262. The highest BCUT2D eigenvalue weighted by Gasteiger charge is 2.14. The van der Waals surface area contributed by atoms with Gasteiger partial charge in [0.05, 0.1) is 6.42 Å². The van der Waals surface area contributed by atoms with Crippen molar-refractivity contribution in [1.29, 1.82) is 0 Å². The monoisotopic (exact) mass is 276 g/mol. The molecule has 0 radical (unpaired) electrons. The molecule has 2 atom stereocenters. The fraction of sp³-hybridized carbons (Fsp3) is 0.833. The lowest BCUT2D eigenvalue weighted by molar-refractivity contribution is -0.137. The van der Waals surface area contributed by atoms with Crippen LogP contribution in [0.25, 0.3) is 0 Å². The predicted octanol–water partition coefficient (Wildman–Crippen LogP) is 2.07. The first kappa shape index (κ1) is 17.1. The highest BCUT2D eigenvalue weighted by molar-refractivity contribution is 7.99. The van der Waals surface area contributed by atoms with Gasteiger partial charge in [-0.2, -0.15) is 11.8 Å². The Labute approximate surface area is 113 Å². The van der Waals surface area contributed by atoms with Crippen molar-refractivity contribution in [3.05, 3.63) is 0 Å². The van der Waals surface area contributed by atoms with E-state index in [1.54, 1.807) is 0 Å². The van der Waals surface area contributed by atoms with E-state index >= 15 is 0 Å². The Hall–Kier alpha value is -0.910. The van der Waals surface area contributed by atoms with Crippen molar-refractivity contribution < 1.29 is 14.7 Å². The summed E-state index contributed by atoms with van der Waals surface area (Å²) in [5.74, 6) is 1.20. The van der Waals surface area contributed by atoms with Crippen LogP contribution in [0.5, 0.6) is 0 Å². The summed E-state index contributed by atoms with van der Waals surface area (Å²) in [6, 6.07) is -0.483. The molecule has 2 amide bonds. The molecule has 0 saturated heterocycles. The van der Waals surface area contributed by atoms with Gasteiger partial charge in [0.1, 0.15) is 0 Å². The van der Waals surface area contributed by atoms with Gasteiger partial charge in [-0.15, -0.1) is 0 Å². The summed E-state index contributed by atoms with van der Waals surface area (Å²) < 4.78 is 0. The molecular weight excluding hydrogens is 252 g/mol. The van der Waals surface area contributed by atoms with Crippen molar-refractivity contribution in [3.63, 3.8) is 0 Å². The van der Waals surface area contributed by atoms with Gasteiger partial charge in [-0.05, 0) is 31.3 Å². The highest BCUT2D eigenvalue weighted by atomic mass is 32.2. The number of urea groups is 1. The lowest BCUT2D eigenvalue weighted by Gasteiger charge is -2.18. The average molecular weight is 276 g/mol. The SMILES string of the molecule is CCSCCC(C)NC(=O)NC(CC)CC(=O)O. The van der Waals surface area contributed by atoms with Gasteiger partial charge >= 0.3 is 12.0 Å². The van der Waals surface area contributed by atoms with E-state index in [1.165, 1.54) is 0 Å². The third kappa shape index (κ3) is 9.15. The Morgan fingerprint density at radius 3 is 2.44 bits per heavy atom. The Kier molecular flexibility index (Phi) is 9.55. The molecule has 5 nitrogen and oxygen atoms in total. The van der Waals surface area contributed by atoms with Gasteiger partial charge in [0, 0.05) is 12.1 Å². The van der Waals surface area contributed by atoms with Crippen LogP contribution in [-0.2, 0) is 4.79 Å². The minimum absolute atomic E-state index is 0.0377. The summed E-state index contributed by atoms with van der Waals surface area (Å²) in [6.45, 7) is 5.91. The number of amides is 2. The van der Waals surface area contributed by atoms with Gasteiger partial charge in [-0.25, -0.2) is 4.79 Å². The van der Waals surface area contributed by atoms with Crippen LogP contribution < -0.4 is 10.6 Å². The van der Waals surface area contributed by atoms with Crippen LogP contribution in [0.4, 0.5) is 4.79 Å². The molecule has 18 heavy (non-hydrogen) atoms. The number of aliphatic carboxylic acids is 1. The molecule has 0 heterocycles. The van der Waals surface area contributed by atoms with E-state index in [0.29, 0.717) is 6.42 Å². The largest absolute Gasteiger partial charge is 0.481 e. The second-order valence-electron chi connectivity index (χ2n) is 4.21. The van der Waals surface area contributed by atoms with Crippen molar-refractivity contribution in [2.24, 2.45) is 0 Å². The summed E-state index contributed by atoms with van der Waals surface area (Å²) >= 11 is 1.84. The molecule has 0 aliphatic heterocycles. The quantitative estimate of drug-likeness (QED) is 0.563. The van der Waals surface area contributed by atoms with E-state index in [1.807, 2.05) is 25.6 Å². The topological polar surface area (TPSA) is 78.4 Å². The van der Waals surface area contributed by atoms with Crippen LogP contribution in [-0.4, -0.2) is 40.7 Å². The van der Waals surface area contributed by atoms with Crippen LogP contribution in [0.15, 0.2) is 0 Å². The molecule has 0 aromatic rings. The van der Waals surface area contributed by atoms with Gasteiger partial charge in [-0.3, -0.25) is 4.79 Å². The second kappa shape index (κ2) is 10.1. The number of nitrogens with one attached hydrogen (secondary N) is 2. The Balaban J connectivity index is 3.89. The van der Waals surface area contributed by atoms with Gasteiger partial charge in [0.25, 0.3) is 0 Å². The van der Waals surface area contributed by atoms with Crippen molar-refractivity contribution in [1.82, 2.24) is 10.6 Å². The molecule has 0 spiro atoms. The van der Waals surface area contributed by atoms with E-state index < -0.39 is 5.97 Å². The molecule has 3 N–H and O–H groups in total. The summed E-state index contributed by atoms with van der Waals surface area (Å²) in [4.78, 5) is 22.2. The number of carboxylic acid groups (broad SMARTS) is 1. The second-order valence-corrected chi connectivity index (χ2v) is 5.60. The van der Waals surface area contributed by atoms with Crippen LogP contribution in [0.3, 0.4) is 0 Å². The Morgan fingerprint density at radius 2 is 1.94 bits per heavy atom. The lowest BCUT2D eigenvalue weighted by Crippen LogP contribution is -2.46. The number of hydrogen-bond donors (Lipinski definition) is 3. The molecule has 0 aromatic heterocycles. The van der Waals surface area contributed by atoms with Crippen LogP contribution >= 0.6 is 11.8 Å². The molecule has 106 valence electrons. The minimum atomic E-state index is -0.894. The van der Waals surface area contributed by atoms with Gasteiger partial charge in [0.2, 0.25) is 0 Å². The average Bonchev–Trinajstić information content (AvgIpc) is 2.27. The van der Waals surface area contributed by atoms with E-state index in [4.69, 9.17) is 5.11 Å². The Morgan fingerprint density at radius 1 is 1.28 bits per heavy atom. The number of carbonyl (C=O) groups is 2. The zero-order chi connectivity index (χ0) is 14.0. The summed E-state index contributed by atoms with van der Waals surface area (Å²) in [7, 11) is 0. The molecular formula is C12H24N2O3S. The number of carbonyl (C=O) groups excluding carboxylic acids is 1. The highest BCUT2D eigenvalue weighted by Crippen LogP contribution is 2.04. The van der Waals surface area contributed by atoms with Gasteiger partial charge in [-0.1, -0.05) is 13.8 Å². The summed E-state index contributed by atoms with van der Waals surface area (Å²) in [5.41, 5.74) is 0. The van der Waals surface area contributed by atoms with Crippen molar-refractivity contribution in [2.45, 2.75) is 52.1 Å². The maximum absolute atomic E-state index is 11.6. The summed E-state index contributed by atoms with van der Waals surface area (Å²) in [6.07, 6.45) is 1.49. The smallest absolute Gasteiger partial charge is 0.315 e. The first-order valence-electron chi connectivity index (χ1n) is 6.36. The minimum Gasteiger partial charge on any atom is -0.481 e. The molecule has 0 aliphatic carbocycles. The molecule has 0 fully saturated rings. The zero-order valence-electron chi connectivity index (χ0n) is 11.4. The molecule has 0 aliphatic rings. The van der Waals surface area contributed by atoms with Crippen LogP contribution in [0.1, 0.15) is 40.0 Å². The number of rotatable bonds is 9. The molecule has 0 rings (SSSR count). The third-order valence-electron chi connectivity index (χ3n) is 2.53. The molecule has 0 aromatic carbocycles. The summed E-state index contributed by atoms with van der Waals surface area (Å²) in [5, 5.41) is 14.2. The first-order valence-corrected chi connectivity index (χ1v) is 7.51. The van der Waals surface area contributed by atoms with Crippen molar-refractivity contribution in [2.75, 3.05) is 11.5 Å². The molecule has 0 saturated carbocycles. The van der Waals surface area contributed by atoms with Gasteiger partial charge in [0.15, 0.2) is 0 Å². The number of thioether (sulfide) groups is 1. The van der Waals surface area contributed by atoms with Crippen molar-refractivity contribution in [3.8, 4) is 0 Å². The third-order valence-corrected chi connectivity index (χ3v) is 3.46. The van der Waals surface area contributed by atoms with E-state index in [2.05, 4.69) is 17.6 Å². The van der Waals surface area contributed by atoms with E-state index in [9.17, 15) is 9.59 Å². The van der Waals surface area contributed by atoms with Crippen molar-refractivity contribution >= 4 is 23.8 Å². The number of hydrogen-bond acceptors (Lipinski definition) is 3. The standard InChI is InChI=1S/C12H24N2O3S/c1-4-10(8-11(15)16)14-12(17)13-9(3)6-7-18-5-2/h9-10H,4-8H2,1-3H3,(H,15,16)(H2,13,14,17). The zero-order valence-corrected chi connectivity index (χ0v) is 12.2. The van der Waals surface area contributed by atoms with Crippen LogP contribution in [0.2, 0.25) is 0 Å². The lowest BCUT2D eigenvalue weighted by atomic mass is 10.1. The van der Waals surface area contributed by atoms with E-state index in [0.717, 1.165) is 17.9 Å². The molecule has 6 heteroatoms. The maximum atomic E-state index is 11.6. The maximum Gasteiger partial charge on any atom is 0.315 e. The van der Waals surface area contributed by atoms with E-state index in [-0.39, 0.29) is 24.5 Å². The fourth-order valence-corrected chi connectivity index (χ4v) is 2.24. The number of carboxylic acids is 1. The van der Waals surface area contributed by atoms with Crippen LogP contribution in [0, 0.1) is 0 Å². The molecule has 0 bridgehead atoms. The van der Waals surface area contributed by atoms with Gasteiger partial charge < -0.3 is 15.7 Å². The predicted molar refractivity (Wildman–Crippen MR) is 75.1 cm³/mol.